The minimum Gasteiger partial charge on any atom is -0.504 e. The van der Waals surface area contributed by atoms with E-state index in [2.05, 4.69) is 15.8 Å². The number of thiocarbonyl (C=S) groups is 1. The quantitative estimate of drug-likeness (QED) is 0.459. The number of hydrogen-bond acceptors (Lipinski definition) is 4. The van der Waals surface area contributed by atoms with Crippen molar-refractivity contribution in [3.05, 3.63) is 53.8 Å². The standard InChI is InChI=1S/C15H14FN3O2S/c1-21-14-8-10(2-7-13(14)20)9-17-19-15(22)18-12-5-3-11(16)4-6-12/h2-9,20H,1H3,(H2,18,19,22)/b17-9+. The van der Waals surface area contributed by atoms with Crippen molar-refractivity contribution in [3.8, 4) is 11.5 Å². The molecule has 0 saturated heterocycles. The number of aromatic hydroxyl groups is 1. The van der Waals surface area contributed by atoms with Gasteiger partial charge in [-0.25, -0.2) is 4.39 Å². The van der Waals surface area contributed by atoms with Gasteiger partial charge in [0.1, 0.15) is 5.82 Å². The monoisotopic (exact) mass is 319 g/mol. The van der Waals surface area contributed by atoms with Gasteiger partial charge in [0.05, 0.1) is 13.3 Å². The lowest BCUT2D eigenvalue weighted by Crippen LogP contribution is -2.23. The third-order valence-corrected chi connectivity index (χ3v) is 2.88. The smallest absolute Gasteiger partial charge is 0.191 e. The summed E-state index contributed by atoms with van der Waals surface area (Å²) in [5, 5.41) is 16.6. The van der Waals surface area contributed by atoms with Crippen molar-refractivity contribution in [2.45, 2.75) is 0 Å². The van der Waals surface area contributed by atoms with E-state index in [4.69, 9.17) is 17.0 Å². The van der Waals surface area contributed by atoms with E-state index in [9.17, 15) is 9.50 Å². The third-order valence-electron chi connectivity index (χ3n) is 2.69. The molecule has 0 spiro atoms. The number of benzene rings is 2. The van der Waals surface area contributed by atoms with Crippen molar-refractivity contribution in [1.29, 1.82) is 0 Å². The number of hydrazone groups is 1. The van der Waals surface area contributed by atoms with Crippen LogP contribution >= 0.6 is 12.2 Å². The van der Waals surface area contributed by atoms with E-state index in [0.717, 1.165) is 5.56 Å². The van der Waals surface area contributed by atoms with E-state index in [0.29, 0.717) is 11.4 Å². The fraction of sp³-hybridized carbons (Fsp3) is 0.0667. The highest BCUT2D eigenvalue weighted by Crippen LogP contribution is 2.25. The summed E-state index contributed by atoms with van der Waals surface area (Å²) >= 11 is 5.06. The van der Waals surface area contributed by atoms with Crippen molar-refractivity contribution >= 4 is 29.2 Å². The number of nitrogens with zero attached hydrogens (tertiary/aromatic N) is 1. The Kier molecular flexibility index (Phi) is 5.26. The van der Waals surface area contributed by atoms with E-state index < -0.39 is 0 Å². The third kappa shape index (κ3) is 4.42. The minimum atomic E-state index is -0.316. The first-order chi connectivity index (χ1) is 10.6. The molecule has 2 rings (SSSR count). The van der Waals surface area contributed by atoms with Gasteiger partial charge in [-0.05, 0) is 60.2 Å². The van der Waals surface area contributed by atoms with E-state index >= 15 is 0 Å². The van der Waals surface area contributed by atoms with Crippen LogP contribution < -0.4 is 15.5 Å². The molecule has 0 bridgehead atoms. The number of rotatable bonds is 4. The molecule has 2 aromatic rings. The van der Waals surface area contributed by atoms with Gasteiger partial charge in [0.2, 0.25) is 0 Å². The number of hydrogen-bond donors (Lipinski definition) is 3. The molecule has 0 fully saturated rings. The molecule has 2 aromatic carbocycles. The van der Waals surface area contributed by atoms with Gasteiger partial charge in [-0.1, -0.05) is 0 Å². The molecule has 0 unspecified atom stereocenters. The number of phenols is 1. The molecular formula is C15H14FN3O2S. The van der Waals surface area contributed by atoms with Crippen molar-refractivity contribution in [2.24, 2.45) is 5.10 Å². The molecular weight excluding hydrogens is 305 g/mol. The highest BCUT2D eigenvalue weighted by molar-refractivity contribution is 7.80. The molecule has 7 heteroatoms. The van der Waals surface area contributed by atoms with E-state index in [1.165, 1.54) is 31.5 Å². The number of methoxy groups -OCH3 is 1. The van der Waals surface area contributed by atoms with E-state index in [1.54, 1.807) is 24.3 Å². The maximum Gasteiger partial charge on any atom is 0.191 e. The van der Waals surface area contributed by atoms with Crippen LogP contribution in [0.15, 0.2) is 47.6 Å². The molecule has 3 N–H and O–H groups in total. The lowest BCUT2D eigenvalue weighted by Gasteiger charge is -2.07. The summed E-state index contributed by atoms with van der Waals surface area (Å²) in [4.78, 5) is 0. The van der Waals surface area contributed by atoms with Gasteiger partial charge in [-0.2, -0.15) is 5.10 Å². The molecule has 0 amide bonds. The molecule has 0 aromatic heterocycles. The predicted octanol–water partition coefficient (Wildman–Crippen LogP) is 2.86. The Bertz CT molecular complexity index is 690. The van der Waals surface area contributed by atoms with Crippen LogP contribution in [0.1, 0.15) is 5.56 Å². The number of phenolic OH excluding ortho intramolecular Hbond substituents is 1. The molecule has 0 radical (unpaired) electrons. The second-order valence-electron chi connectivity index (χ2n) is 4.26. The molecule has 22 heavy (non-hydrogen) atoms. The van der Waals surface area contributed by atoms with Gasteiger partial charge < -0.3 is 15.2 Å². The van der Waals surface area contributed by atoms with Gasteiger partial charge in [0.15, 0.2) is 16.6 Å². The molecule has 0 atom stereocenters. The fourth-order valence-corrected chi connectivity index (χ4v) is 1.80. The molecule has 0 aliphatic carbocycles. The lowest BCUT2D eigenvalue weighted by molar-refractivity contribution is 0.373. The van der Waals surface area contributed by atoms with Crippen molar-refractivity contribution in [1.82, 2.24) is 5.43 Å². The largest absolute Gasteiger partial charge is 0.504 e. The number of ether oxygens (including phenoxy) is 1. The topological polar surface area (TPSA) is 65.9 Å². The van der Waals surface area contributed by atoms with Crippen LogP contribution in [0.3, 0.4) is 0 Å². The van der Waals surface area contributed by atoms with Crippen LogP contribution in [0.5, 0.6) is 11.5 Å². The van der Waals surface area contributed by atoms with Crippen LogP contribution in [0.25, 0.3) is 0 Å². The SMILES string of the molecule is COc1cc(/C=N/NC(=S)Nc2ccc(F)cc2)ccc1O. The Morgan fingerprint density at radius 1 is 1.27 bits per heavy atom. The first kappa shape index (κ1) is 15.7. The highest BCUT2D eigenvalue weighted by Gasteiger charge is 2.01. The summed E-state index contributed by atoms with van der Waals surface area (Å²) in [6.45, 7) is 0. The lowest BCUT2D eigenvalue weighted by atomic mass is 10.2. The average molecular weight is 319 g/mol. The molecule has 5 nitrogen and oxygen atoms in total. The number of halogens is 1. The van der Waals surface area contributed by atoms with Crippen LogP contribution in [-0.4, -0.2) is 23.5 Å². The zero-order valence-electron chi connectivity index (χ0n) is 11.7. The molecule has 0 heterocycles. The van der Waals surface area contributed by atoms with Crippen LogP contribution in [0.4, 0.5) is 10.1 Å². The van der Waals surface area contributed by atoms with E-state index in [-0.39, 0.29) is 16.7 Å². The van der Waals surface area contributed by atoms with E-state index in [1.807, 2.05) is 0 Å². The van der Waals surface area contributed by atoms with Gasteiger partial charge in [-0.15, -0.1) is 0 Å². The summed E-state index contributed by atoms with van der Waals surface area (Å²) < 4.78 is 17.8. The highest BCUT2D eigenvalue weighted by atomic mass is 32.1. The summed E-state index contributed by atoms with van der Waals surface area (Å²) in [7, 11) is 1.47. The van der Waals surface area contributed by atoms with Gasteiger partial charge >= 0.3 is 0 Å². The first-order valence-electron chi connectivity index (χ1n) is 6.31. The predicted molar refractivity (Wildman–Crippen MR) is 88.0 cm³/mol. The molecule has 0 saturated carbocycles. The Morgan fingerprint density at radius 2 is 2.00 bits per heavy atom. The fourth-order valence-electron chi connectivity index (χ4n) is 1.63. The summed E-state index contributed by atoms with van der Waals surface area (Å²) in [6.07, 6.45) is 1.53. The Balaban J connectivity index is 1.91. The van der Waals surface area contributed by atoms with Crippen LogP contribution in [0.2, 0.25) is 0 Å². The minimum absolute atomic E-state index is 0.0566. The zero-order chi connectivity index (χ0) is 15.9. The second kappa shape index (κ2) is 7.37. The van der Waals surface area contributed by atoms with Gasteiger partial charge in [0, 0.05) is 5.69 Å². The van der Waals surface area contributed by atoms with Gasteiger partial charge in [-0.3, -0.25) is 5.43 Å². The maximum atomic E-state index is 12.8. The Morgan fingerprint density at radius 3 is 2.68 bits per heavy atom. The summed E-state index contributed by atoms with van der Waals surface area (Å²) in [6, 6.07) is 10.6. The van der Waals surface area contributed by atoms with Crippen molar-refractivity contribution in [2.75, 3.05) is 12.4 Å². The summed E-state index contributed by atoms with van der Waals surface area (Å²) in [5.41, 5.74) is 4.02. The number of anilines is 1. The Labute approximate surface area is 132 Å². The second-order valence-corrected chi connectivity index (χ2v) is 4.67. The molecule has 114 valence electrons. The molecule has 0 aliphatic rings. The molecule has 0 aliphatic heterocycles. The van der Waals surface area contributed by atoms with Crippen molar-refractivity contribution < 1.29 is 14.2 Å². The zero-order valence-corrected chi connectivity index (χ0v) is 12.5. The average Bonchev–Trinajstić information content (AvgIpc) is 2.51. The maximum absolute atomic E-state index is 12.8. The van der Waals surface area contributed by atoms with Gasteiger partial charge in [0.25, 0.3) is 0 Å². The summed E-state index contributed by atoms with van der Waals surface area (Å²) in [5.74, 6) is 0.0980. The van der Waals surface area contributed by atoms with Crippen molar-refractivity contribution in [3.63, 3.8) is 0 Å². The Hall–Kier alpha value is -2.67. The van der Waals surface area contributed by atoms with Crippen LogP contribution in [-0.2, 0) is 0 Å². The first-order valence-corrected chi connectivity index (χ1v) is 6.72. The normalized spacial score (nSPS) is 10.5. The van der Waals surface area contributed by atoms with Crippen LogP contribution in [0, 0.1) is 5.82 Å². The number of nitrogens with one attached hydrogen (secondary N) is 2.